The molecule has 2 aliphatic rings. The Morgan fingerprint density at radius 2 is 1.77 bits per heavy atom. The Morgan fingerprint density at radius 3 is 2.40 bits per heavy atom. The molecule has 0 radical (unpaired) electrons. The number of carbonyl (C=O) groups excluding carboxylic acids is 2. The maximum absolute atomic E-state index is 13.0. The van der Waals surface area contributed by atoms with E-state index in [4.69, 9.17) is 0 Å². The lowest BCUT2D eigenvalue weighted by molar-refractivity contribution is -0.120. The summed E-state index contributed by atoms with van der Waals surface area (Å²) in [6.07, 6.45) is 0. The van der Waals surface area contributed by atoms with Gasteiger partial charge in [-0.05, 0) is 43.2 Å². The Morgan fingerprint density at radius 1 is 1.07 bits per heavy atom. The number of amides is 2. The summed E-state index contributed by atoms with van der Waals surface area (Å²) in [5, 5.41) is 12.3. The van der Waals surface area contributed by atoms with Crippen molar-refractivity contribution in [3.63, 3.8) is 0 Å². The zero-order valence-corrected chi connectivity index (χ0v) is 17.6. The van der Waals surface area contributed by atoms with Crippen LogP contribution in [0.1, 0.15) is 33.0 Å². The van der Waals surface area contributed by atoms with Crippen LogP contribution in [-0.4, -0.2) is 61.2 Å². The van der Waals surface area contributed by atoms with Gasteiger partial charge in [0.05, 0.1) is 5.92 Å². The van der Waals surface area contributed by atoms with Crippen molar-refractivity contribution in [2.45, 2.75) is 19.8 Å². The highest BCUT2D eigenvalue weighted by atomic mass is 16.3. The zero-order valence-electron chi connectivity index (χ0n) is 17.6. The number of hydrogen-bond donors (Lipinski definition) is 2. The van der Waals surface area contributed by atoms with Crippen molar-refractivity contribution in [3.8, 4) is 0 Å². The summed E-state index contributed by atoms with van der Waals surface area (Å²) in [6, 6.07) is 13.8. The topological polar surface area (TPSA) is 72.9 Å². The van der Waals surface area contributed by atoms with Gasteiger partial charge in [-0.3, -0.25) is 9.59 Å². The summed E-state index contributed by atoms with van der Waals surface area (Å²) < 4.78 is 0. The third-order valence-electron chi connectivity index (χ3n) is 6.30. The standard InChI is InChI=1S/C24H29N3O3/c1-16-3-8-21(17(2)13-16)26-9-11-27(12-10-26)24(30)19-6-4-18(5-7-19)22-20(15-28)14-25-23(22)29/h3-8,13,20,22,28H,9-12,14-15H2,1-2H3,(H,25,29)/t20?,22-/m0/s1. The molecule has 2 heterocycles. The lowest BCUT2D eigenvalue weighted by Crippen LogP contribution is -2.49. The van der Waals surface area contributed by atoms with Gasteiger partial charge in [0.25, 0.3) is 5.91 Å². The third-order valence-corrected chi connectivity index (χ3v) is 6.30. The van der Waals surface area contributed by atoms with Gasteiger partial charge < -0.3 is 20.2 Å². The largest absolute Gasteiger partial charge is 0.396 e. The number of nitrogens with zero attached hydrogens (tertiary/aromatic N) is 2. The average molecular weight is 408 g/mol. The van der Waals surface area contributed by atoms with Gasteiger partial charge >= 0.3 is 0 Å². The van der Waals surface area contributed by atoms with Crippen molar-refractivity contribution in [1.29, 1.82) is 0 Å². The molecule has 2 saturated heterocycles. The van der Waals surface area contributed by atoms with Crippen LogP contribution in [0.5, 0.6) is 0 Å². The Hall–Kier alpha value is -2.86. The van der Waals surface area contributed by atoms with Crippen molar-refractivity contribution < 1.29 is 14.7 Å². The molecule has 2 aliphatic heterocycles. The van der Waals surface area contributed by atoms with E-state index in [2.05, 4.69) is 42.3 Å². The Kier molecular flexibility index (Phi) is 5.77. The molecule has 2 amide bonds. The molecule has 0 aliphatic carbocycles. The average Bonchev–Trinajstić information content (AvgIpc) is 3.14. The van der Waals surface area contributed by atoms with E-state index in [1.807, 2.05) is 17.0 Å². The van der Waals surface area contributed by atoms with Crippen LogP contribution in [0.4, 0.5) is 5.69 Å². The minimum atomic E-state index is -0.347. The fraction of sp³-hybridized carbons (Fsp3) is 0.417. The second-order valence-corrected chi connectivity index (χ2v) is 8.36. The predicted molar refractivity (Wildman–Crippen MR) is 117 cm³/mol. The molecule has 1 unspecified atom stereocenters. The second kappa shape index (κ2) is 8.48. The van der Waals surface area contributed by atoms with Crippen LogP contribution in [0, 0.1) is 19.8 Å². The summed E-state index contributed by atoms with van der Waals surface area (Å²) in [6.45, 7) is 7.69. The molecule has 0 saturated carbocycles. The van der Waals surface area contributed by atoms with Crippen molar-refractivity contribution in [2.24, 2.45) is 5.92 Å². The number of nitrogens with one attached hydrogen (secondary N) is 1. The second-order valence-electron chi connectivity index (χ2n) is 8.36. The monoisotopic (exact) mass is 407 g/mol. The minimum absolute atomic E-state index is 0.0245. The maximum atomic E-state index is 13.0. The van der Waals surface area contributed by atoms with E-state index in [0.29, 0.717) is 25.2 Å². The van der Waals surface area contributed by atoms with E-state index >= 15 is 0 Å². The van der Waals surface area contributed by atoms with Crippen LogP contribution in [0.2, 0.25) is 0 Å². The van der Waals surface area contributed by atoms with Gasteiger partial charge in [-0.2, -0.15) is 0 Å². The minimum Gasteiger partial charge on any atom is -0.396 e. The van der Waals surface area contributed by atoms with Crippen molar-refractivity contribution >= 4 is 17.5 Å². The number of rotatable bonds is 4. The Bertz CT molecular complexity index is 933. The number of piperazine rings is 1. The molecule has 6 heteroatoms. The van der Waals surface area contributed by atoms with Crippen LogP contribution < -0.4 is 10.2 Å². The molecular weight excluding hydrogens is 378 g/mol. The number of benzene rings is 2. The molecule has 158 valence electrons. The first-order chi connectivity index (χ1) is 14.5. The molecule has 2 atom stereocenters. The van der Waals surface area contributed by atoms with Gasteiger partial charge in [-0.15, -0.1) is 0 Å². The molecule has 2 aromatic rings. The van der Waals surface area contributed by atoms with E-state index in [9.17, 15) is 14.7 Å². The molecule has 6 nitrogen and oxygen atoms in total. The highest BCUT2D eigenvalue weighted by molar-refractivity contribution is 5.94. The highest BCUT2D eigenvalue weighted by Gasteiger charge is 2.35. The van der Waals surface area contributed by atoms with E-state index in [1.54, 1.807) is 12.1 Å². The van der Waals surface area contributed by atoms with E-state index < -0.39 is 0 Å². The van der Waals surface area contributed by atoms with E-state index in [-0.39, 0.29) is 30.3 Å². The van der Waals surface area contributed by atoms with Crippen LogP contribution >= 0.6 is 0 Å². The number of aryl methyl sites for hydroxylation is 2. The van der Waals surface area contributed by atoms with E-state index in [1.165, 1.54) is 16.8 Å². The quantitative estimate of drug-likeness (QED) is 0.814. The van der Waals surface area contributed by atoms with Gasteiger partial charge in [-0.25, -0.2) is 0 Å². The van der Waals surface area contributed by atoms with Gasteiger partial charge in [0.2, 0.25) is 5.91 Å². The van der Waals surface area contributed by atoms with Gasteiger partial charge in [0.1, 0.15) is 0 Å². The first-order valence-electron chi connectivity index (χ1n) is 10.6. The highest BCUT2D eigenvalue weighted by Crippen LogP contribution is 2.29. The normalized spacial score (nSPS) is 21.6. The lowest BCUT2D eigenvalue weighted by atomic mass is 9.88. The van der Waals surface area contributed by atoms with Crippen LogP contribution in [-0.2, 0) is 4.79 Å². The molecule has 0 aromatic heterocycles. The molecular formula is C24H29N3O3. The van der Waals surface area contributed by atoms with Gasteiger partial charge in [0.15, 0.2) is 0 Å². The fourth-order valence-electron chi connectivity index (χ4n) is 4.59. The number of carbonyl (C=O) groups is 2. The Labute approximate surface area is 177 Å². The summed E-state index contributed by atoms with van der Waals surface area (Å²) >= 11 is 0. The van der Waals surface area contributed by atoms with Crippen molar-refractivity contribution in [3.05, 3.63) is 64.7 Å². The van der Waals surface area contributed by atoms with Crippen molar-refractivity contribution in [1.82, 2.24) is 10.2 Å². The summed E-state index contributed by atoms with van der Waals surface area (Å²) in [7, 11) is 0. The summed E-state index contributed by atoms with van der Waals surface area (Å²) in [5.74, 6) is -0.495. The lowest BCUT2D eigenvalue weighted by Gasteiger charge is -2.37. The van der Waals surface area contributed by atoms with Crippen LogP contribution in [0.15, 0.2) is 42.5 Å². The van der Waals surface area contributed by atoms with Crippen molar-refractivity contribution in [2.75, 3.05) is 44.2 Å². The third kappa shape index (κ3) is 3.92. The number of anilines is 1. The number of hydrogen-bond acceptors (Lipinski definition) is 4. The summed E-state index contributed by atoms with van der Waals surface area (Å²) in [4.78, 5) is 29.3. The predicted octanol–water partition coefficient (Wildman–Crippen LogP) is 2.09. The van der Waals surface area contributed by atoms with Crippen LogP contribution in [0.3, 0.4) is 0 Å². The number of aliphatic hydroxyl groups excluding tert-OH is 1. The van der Waals surface area contributed by atoms with E-state index in [0.717, 1.165) is 18.7 Å². The molecule has 4 rings (SSSR count). The molecule has 30 heavy (non-hydrogen) atoms. The Balaban J connectivity index is 1.40. The number of aliphatic hydroxyl groups is 1. The van der Waals surface area contributed by atoms with Gasteiger partial charge in [0, 0.05) is 56.5 Å². The summed E-state index contributed by atoms with van der Waals surface area (Å²) in [5.41, 5.74) is 5.25. The smallest absolute Gasteiger partial charge is 0.253 e. The van der Waals surface area contributed by atoms with Crippen LogP contribution in [0.25, 0.3) is 0 Å². The first-order valence-corrected chi connectivity index (χ1v) is 10.6. The SMILES string of the molecule is Cc1ccc(N2CCN(C(=O)c3ccc([C@@H]4C(=O)NCC4CO)cc3)CC2)c(C)c1. The molecule has 0 bridgehead atoms. The molecule has 2 aromatic carbocycles. The fourth-order valence-corrected chi connectivity index (χ4v) is 4.59. The molecule has 2 N–H and O–H groups in total. The first kappa shape index (κ1) is 20.4. The molecule has 0 spiro atoms. The zero-order chi connectivity index (χ0) is 21.3. The maximum Gasteiger partial charge on any atom is 0.253 e. The van der Waals surface area contributed by atoms with Gasteiger partial charge in [-0.1, -0.05) is 29.8 Å². The molecule has 2 fully saturated rings.